The van der Waals surface area contributed by atoms with Gasteiger partial charge in [0.05, 0.1) is 5.60 Å². The summed E-state index contributed by atoms with van der Waals surface area (Å²) in [5.41, 5.74) is 3.40. The van der Waals surface area contributed by atoms with Crippen molar-refractivity contribution in [3.8, 4) is 0 Å². The van der Waals surface area contributed by atoms with Crippen LogP contribution in [-0.2, 0) is 0 Å². The van der Waals surface area contributed by atoms with E-state index >= 15 is 0 Å². The van der Waals surface area contributed by atoms with Gasteiger partial charge in [-0.3, -0.25) is 0 Å². The molecule has 0 aliphatic carbocycles. The summed E-state index contributed by atoms with van der Waals surface area (Å²) >= 11 is 1.84. The first kappa shape index (κ1) is 13.9. The third-order valence-electron chi connectivity index (χ3n) is 3.56. The highest BCUT2D eigenvalue weighted by molar-refractivity contribution is 7.99. The number of aryl methyl sites for hydroxylation is 2. The number of thioether (sulfide) groups is 1. The Hall–Kier alpha value is -0.510. The van der Waals surface area contributed by atoms with Gasteiger partial charge in [-0.1, -0.05) is 29.3 Å². The zero-order valence-electron chi connectivity index (χ0n) is 11.5. The second-order valence-electron chi connectivity index (χ2n) is 5.55. The van der Waals surface area contributed by atoms with E-state index in [-0.39, 0.29) is 0 Å². The molecule has 2 nitrogen and oxygen atoms in total. The third kappa shape index (κ3) is 3.50. The normalized spacial score (nSPS) is 25.3. The summed E-state index contributed by atoms with van der Waals surface area (Å²) in [5.74, 6) is 1.94. The Bertz CT molecular complexity index is 393. The number of benzene rings is 1. The van der Waals surface area contributed by atoms with E-state index in [0.29, 0.717) is 12.6 Å². The SMILES string of the molecule is Cc1cc(C)cc(C(C)NCC2(O)CCSC2)c1. The monoisotopic (exact) mass is 265 g/mol. The van der Waals surface area contributed by atoms with E-state index in [1.54, 1.807) is 0 Å². The Morgan fingerprint density at radius 2 is 2.00 bits per heavy atom. The van der Waals surface area contributed by atoms with Crippen molar-refractivity contribution in [2.24, 2.45) is 0 Å². The smallest absolute Gasteiger partial charge is 0.0869 e. The number of hydrogen-bond donors (Lipinski definition) is 2. The summed E-state index contributed by atoms with van der Waals surface area (Å²) in [6, 6.07) is 6.92. The van der Waals surface area contributed by atoms with E-state index in [2.05, 4.69) is 44.3 Å². The number of nitrogens with one attached hydrogen (secondary N) is 1. The van der Waals surface area contributed by atoms with Crippen molar-refractivity contribution in [2.45, 2.75) is 38.8 Å². The lowest BCUT2D eigenvalue weighted by Crippen LogP contribution is -2.41. The van der Waals surface area contributed by atoms with Crippen LogP contribution in [0, 0.1) is 13.8 Å². The Morgan fingerprint density at radius 1 is 1.33 bits per heavy atom. The minimum absolute atomic E-state index is 0.290. The van der Waals surface area contributed by atoms with E-state index < -0.39 is 5.60 Å². The maximum absolute atomic E-state index is 10.3. The van der Waals surface area contributed by atoms with Crippen molar-refractivity contribution < 1.29 is 5.11 Å². The summed E-state index contributed by atoms with van der Waals surface area (Å²) in [6.07, 6.45) is 0.907. The average Bonchev–Trinajstić information content (AvgIpc) is 2.72. The molecule has 1 fully saturated rings. The van der Waals surface area contributed by atoms with Gasteiger partial charge in [0.25, 0.3) is 0 Å². The lowest BCUT2D eigenvalue weighted by Gasteiger charge is -2.25. The first-order valence-corrected chi connectivity index (χ1v) is 7.76. The second-order valence-corrected chi connectivity index (χ2v) is 6.66. The van der Waals surface area contributed by atoms with Crippen molar-refractivity contribution in [1.29, 1.82) is 0 Å². The molecule has 3 heteroatoms. The van der Waals surface area contributed by atoms with Crippen LogP contribution in [0.1, 0.15) is 36.1 Å². The lowest BCUT2D eigenvalue weighted by atomic mass is 10.00. The molecule has 0 amide bonds. The van der Waals surface area contributed by atoms with Crippen LogP contribution in [0.3, 0.4) is 0 Å². The Morgan fingerprint density at radius 3 is 2.56 bits per heavy atom. The maximum atomic E-state index is 10.3. The molecule has 1 aliphatic rings. The van der Waals surface area contributed by atoms with Gasteiger partial charge in [0.1, 0.15) is 0 Å². The summed E-state index contributed by atoms with van der Waals surface area (Å²) in [4.78, 5) is 0. The fourth-order valence-corrected chi connectivity index (χ4v) is 3.75. The first-order chi connectivity index (χ1) is 8.48. The molecule has 0 spiro atoms. The van der Waals surface area contributed by atoms with Crippen LogP contribution < -0.4 is 5.32 Å². The Kier molecular flexibility index (Phi) is 4.36. The van der Waals surface area contributed by atoms with Crippen molar-refractivity contribution in [1.82, 2.24) is 5.32 Å². The fourth-order valence-electron chi connectivity index (χ4n) is 2.46. The van der Waals surface area contributed by atoms with E-state index in [0.717, 1.165) is 17.9 Å². The third-order valence-corrected chi connectivity index (χ3v) is 4.80. The molecule has 1 aliphatic heterocycles. The van der Waals surface area contributed by atoms with Crippen molar-refractivity contribution in [3.05, 3.63) is 34.9 Å². The average molecular weight is 265 g/mol. The highest BCUT2D eigenvalue weighted by Crippen LogP contribution is 2.28. The molecular formula is C15H23NOS. The standard InChI is InChI=1S/C15H23NOS/c1-11-6-12(2)8-14(7-11)13(3)16-9-15(17)4-5-18-10-15/h6-8,13,16-17H,4-5,9-10H2,1-3H3. The minimum atomic E-state index is -0.502. The molecular weight excluding hydrogens is 242 g/mol. The van der Waals surface area contributed by atoms with E-state index in [4.69, 9.17) is 0 Å². The first-order valence-electron chi connectivity index (χ1n) is 6.60. The predicted molar refractivity (Wildman–Crippen MR) is 79.2 cm³/mol. The van der Waals surface area contributed by atoms with Crippen molar-refractivity contribution >= 4 is 11.8 Å². The number of hydrogen-bond acceptors (Lipinski definition) is 3. The van der Waals surface area contributed by atoms with Gasteiger partial charge in [0.15, 0.2) is 0 Å². The zero-order valence-corrected chi connectivity index (χ0v) is 12.3. The van der Waals surface area contributed by atoms with Crippen LogP contribution in [0.15, 0.2) is 18.2 Å². The zero-order chi connectivity index (χ0) is 13.2. The molecule has 1 aromatic carbocycles. The topological polar surface area (TPSA) is 32.3 Å². The molecule has 100 valence electrons. The van der Waals surface area contributed by atoms with Crippen LogP contribution in [0.4, 0.5) is 0 Å². The summed E-state index contributed by atoms with van der Waals surface area (Å²) in [5, 5.41) is 13.8. The summed E-state index contributed by atoms with van der Waals surface area (Å²) < 4.78 is 0. The van der Waals surface area contributed by atoms with Gasteiger partial charge in [-0.05, 0) is 38.5 Å². The van der Waals surface area contributed by atoms with Crippen molar-refractivity contribution in [2.75, 3.05) is 18.1 Å². The van der Waals surface area contributed by atoms with Crippen LogP contribution in [0.5, 0.6) is 0 Å². The second kappa shape index (κ2) is 5.64. The van der Waals surface area contributed by atoms with E-state index in [9.17, 15) is 5.11 Å². The molecule has 2 atom stereocenters. The van der Waals surface area contributed by atoms with Gasteiger partial charge >= 0.3 is 0 Å². The van der Waals surface area contributed by atoms with Crippen LogP contribution >= 0.6 is 11.8 Å². The maximum Gasteiger partial charge on any atom is 0.0869 e. The quantitative estimate of drug-likeness (QED) is 0.878. The van der Waals surface area contributed by atoms with Crippen molar-refractivity contribution in [3.63, 3.8) is 0 Å². The van der Waals surface area contributed by atoms with Gasteiger partial charge in [-0.25, -0.2) is 0 Å². The van der Waals surface area contributed by atoms with Gasteiger partial charge in [0.2, 0.25) is 0 Å². The molecule has 18 heavy (non-hydrogen) atoms. The largest absolute Gasteiger partial charge is 0.388 e. The number of aliphatic hydroxyl groups is 1. The molecule has 2 unspecified atom stereocenters. The predicted octanol–water partition coefficient (Wildman–Crippen LogP) is 2.82. The summed E-state index contributed by atoms with van der Waals surface area (Å²) in [7, 11) is 0. The lowest BCUT2D eigenvalue weighted by molar-refractivity contribution is 0.0651. The summed E-state index contributed by atoms with van der Waals surface area (Å²) in [6.45, 7) is 7.11. The molecule has 1 heterocycles. The fraction of sp³-hybridized carbons (Fsp3) is 0.600. The van der Waals surface area contributed by atoms with Crippen LogP contribution in [0.2, 0.25) is 0 Å². The van der Waals surface area contributed by atoms with E-state index in [1.165, 1.54) is 16.7 Å². The highest BCUT2D eigenvalue weighted by Gasteiger charge is 2.31. The molecule has 1 aromatic rings. The van der Waals surface area contributed by atoms with Gasteiger partial charge in [0, 0.05) is 18.3 Å². The molecule has 0 saturated carbocycles. The van der Waals surface area contributed by atoms with E-state index in [1.807, 2.05) is 11.8 Å². The van der Waals surface area contributed by atoms with Crippen LogP contribution in [0.25, 0.3) is 0 Å². The Labute approximate surface area is 114 Å². The van der Waals surface area contributed by atoms with Gasteiger partial charge in [-0.2, -0.15) is 11.8 Å². The van der Waals surface area contributed by atoms with Gasteiger partial charge in [-0.15, -0.1) is 0 Å². The molecule has 2 rings (SSSR count). The molecule has 2 N–H and O–H groups in total. The van der Waals surface area contributed by atoms with Crippen LogP contribution in [-0.4, -0.2) is 28.8 Å². The molecule has 0 aromatic heterocycles. The number of rotatable bonds is 4. The Balaban J connectivity index is 1.96. The minimum Gasteiger partial charge on any atom is -0.388 e. The molecule has 1 saturated heterocycles. The van der Waals surface area contributed by atoms with Gasteiger partial charge < -0.3 is 10.4 Å². The highest BCUT2D eigenvalue weighted by atomic mass is 32.2. The molecule has 0 radical (unpaired) electrons. The molecule has 0 bridgehead atoms.